The first kappa shape index (κ1) is 13.2. The number of hydrogen-bond donors (Lipinski definition) is 2. The number of nitrogens with one attached hydrogen (secondary N) is 2. The minimum Gasteiger partial charge on any atom is -0.445 e. The highest BCUT2D eigenvalue weighted by atomic mass is 16.6. The zero-order chi connectivity index (χ0) is 11.2. The number of carbonyl (C=O) groups excluding carboxylic acids is 1. The first-order valence-corrected chi connectivity index (χ1v) is 5.04. The van der Waals surface area contributed by atoms with E-state index in [2.05, 4.69) is 10.6 Å². The van der Waals surface area contributed by atoms with Crippen LogP contribution >= 0.6 is 0 Å². The third kappa shape index (κ3) is 7.86. The Morgan fingerprint density at radius 3 is 2.43 bits per heavy atom. The fraction of sp³-hybridized carbons (Fsp3) is 0.900. The Balaban J connectivity index is 3.71. The normalized spacial score (nSPS) is 13.5. The van der Waals surface area contributed by atoms with Crippen LogP contribution in [-0.4, -0.2) is 30.8 Å². The number of likely N-dealkylation sites (N-methyl/N-ethyl adjacent to an activating group) is 1. The lowest BCUT2D eigenvalue weighted by Crippen LogP contribution is -2.43. The summed E-state index contributed by atoms with van der Waals surface area (Å²) in [5.74, 6) is 0. The van der Waals surface area contributed by atoms with Crippen LogP contribution in [-0.2, 0) is 4.74 Å². The maximum atomic E-state index is 11.3. The fourth-order valence-electron chi connectivity index (χ4n) is 0.908. The van der Waals surface area contributed by atoms with Gasteiger partial charge in [-0.2, -0.15) is 0 Å². The molecule has 0 spiro atoms. The molecule has 4 heteroatoms. The molecule has 0 bridgehead atoms. The van der Waals surface area contributed by atoms with Gasteiger partial charge < -0.3 is 15.4 Å². The second-order valence-corrected chi connectivity index (χ2v) is 4.40. The Hall–Kier alpha value is -0.770. The van der Waals surface area contributed by atoms with Crippen LogP contribution in [0.1, 0.15) is 34.6 Å². The van der Waals surface area contributed by atoms with Crippen LogP contribution in [0, 0.1) is 0 Å². The van der Waals surface area contributed by atoms with E-state index in [1.807, 2.05) is 34.6 Å². The Morgan fingerprint density at radius 2 is 2.00 bits per heavy atom. The standard InChI is InChI=1S/C10H22N2O2/c1-6-11-7-8(2)14-9(13)12-10(3,4)5/h8,11H,6-7H2,1-5H3,(H,12,13)/t8-/m0/s1. The lowest BCUT2D eigenvalue weighted by molar-refractivity contribution is 0.0996. The monoisotopic (exact) mass is 202 g/mol. The van der Waals surface area contributed by atoms with E-state index < -0.39 is 0 Å². The van der Waals surface area contributed by atoms with Crippen LogP contribution in [0.5, 0.6) is 0 Å². The summed E-state index contributed by atoms with van der Waals surface area (Å²) in [5.41, 5.74) is -0.241. The van der Waals surface area contributed by atoms with Crippen molar-refractivity contribution in [1.82, 2.24) is 10.6 Å². The van der Waals surface area contributed by atoms with Gasteiger partial charge in [0.05, 0.1) is 0 Å². The minimum atomic E-state index is -0.358. The van der Waals surface area contributed by atoms with Gasteiger partial charge >= 0.3 is 6.09 Å². The second kappa shape index (κ2) is 5.86. The van der Waals surface area contributed by atoms with E-state index in [0.29, 0.717) is 6.54 Å². The van der Waals surface area contributed by atoms with Gasteiger partial charge in [-0.25, -0.2) is 4.79 Å². The van der Waals surface area contributed by atoms with Gasteiger partial charge in [-0.1, -0.05) is 6.92 Å². The first-order valence-electron chi connectivity index (χ1n) is 5.04. The molecular weight excluding hydrogens is 180 g/mol. The molecule has 84 valence electrons. The van der Waals surface area contributed by atoms with Gasteiger partial charge in [-0.3, -0.25) is 0 Å². The highest BCUT2D eigenvalue weighted by molar-refractivity contribution is 5.68. The molecule has 0 aliphatic carbocycles. The maximum absolute atomic E-state index is 11.3. The third-order valence-electron chi connectivity index (χ3n) is 1.47. The van der Waals surface area contributed by atoms with Crippen LogP contribution < -0.4 is 10.6 Å². The van der Waals surface area contributed by atoms with Gasteiger partial charge in [0.15, 0.2) is 0 Å². The fourth-order valence-corrected chi connectivity index (χ4v) is 0.908. The van der Waals surface area contributed by atoms with E-state index in [-0.39, 0.29) is 17.7 Å². The van der Waals surface area contributed by atoms with E-state index in [1.165, 1.54) is 0 Å². The molecular formula is C10H22N2O2. The summed E-state index contributed by atoms with van der Waals surface area (Å²) in [6, 6.07) is 0. The molecule has 0 saturated heterocycles. The number of ether oxygens (including phenoxy) is 1. The summed E-state index contributed by atoms with van der Waals surface area (Å²) in [5, 5.41) is 5.85. The van der Waals surface area contributed by atoms with Crippen molar-refractivity contribution in [3.05, 3.63) is 0 Å². The Labute approximate surface area is 86.4 Å². The third-order valence-corrected chi connectivity index (χ3v) is 1.47. The van der Waals surface area contributed by atoms with Crippen molar-refractivity contribution in [2.24, 2.45) is 0 Å². The predicted molar refractivity (Wildman–Crippen MR) is 57.4 cm³/mol. The minimum absolute atomic E-state index is 0.0997. The Bertz CT molecular complexity index is 175. The Kier molecular flexibility index (Phi) is 5.53. The lowest BCUT2D eigenvalue weighted by atomic mass is 10.1. The molecule has 0 aromatic carbocycles. The molecule has 0 aromatic heterocycles. The summed E-state index contributed by atoms with van der Waals surface area (Å²) in [7, 11) is 0. The molecule has 0 rings (SSSR count). The maximum Gasteiger partial charge on any atom is 0.407 e. The molecule has 0 fully saturated rings. The van der Waals surface area contributed by atoms with Crippen molar-refractivity contribution in [3.63, 3.8) is 0 Å². The van der Waals surface area contributed by atoms with E-state index in [4.69, 9.17) is 4.74 Å². The smallest absolute Gasteiger partial charge is 0.407 e. The molecule has 0 radical (unpaired) electrons. The van der Waals surface area contributed by atoms with Crippen molar-refractivity contribution >= 4 is 6.09 Å². The van der Waals surface area contributed by atoms with Crippen LogP contribution in [0.3, 0.4) is 0 Å². The van der Waals surface area contributed by atoms with Gasteiger partial charge in [0.1, 0.15) is 6.10 Å². The second-order valence-electron chi connectivity index (χ2n) is 4.40. The topological polar surface area (TPSA) is 50.4 Å². The molecule has 0 aliphatic heterocycles. The largest absolute Gasteiger partial charge is 0.445 e. The molecule has 4 nitrogen and oxygen atoms in total. The SMILES string of the molecule is CCNC[C@H](C)OC(=O)NC(C)(C)C. The quantitative estimate of drug-likeness (QED) is 0.726. The van der Waals surface area contributed by atoms with Gasteiger partial charge in [-0.15, -0.1) is 0 Å². The molecule has 0 saturated carbocycles. The van der Waals surface area contributed by atoms with Crippen LogP contribution in [0.15, 0.2) is 0 Å². The molecule has 0 heterocycles. The van der Waals surface area contributed by atoms with Crippen LogP contribution in [0.25, 0.3) is 0 Å². The molecule has 0 unspecified atom stereocenters. The zero-order valence-corrected chi connectivity index (χ0v) is 9.81. The molecule has 14 heavy (non-hydrogen) atoms. The first-order chi connectivity index (χ1) is 6.35. The highest BCUT2D eigenvalue weighted by Crippen LogP contribution is 2.00. The summed E-state index contributed by atoms with van der Waals surface area (Å²) in [4.78, 5) is 11.3. The number of alkyl carbamates (subject to hydrolysis) is 1. The molecule has 0 aliphatic rings. The van der Waals surface area contributed by atoms with E-state index in [9.17, 15) is 4.79 Å². The molecule has 1 amide bonds. The number of hydrogen-bond acceptors (Lipinski definition) is 3. The van der Waals surface area contributed by atoms with E-state index in [1.54, 1.807) is 0 Å². The lowest BCUT2D eigenvalue weighted by Gasteiger charge is -2.22. The van der Waals surface area contributed by atoms with Gasteiger partial charge in [0.2, 0.25) is 0 Å². The summed E-state index contributed by atoms with van der Waals surface area (Å²) in [6.07, 6.45) is -0.458. The number of carbonyl (C=O) groups is 1. The van der Waals surface area contributed by atoms with Crippen molar-refractivity contribution in [2.75, 3.05) is 13.1 Å². The Morgan fingerprint density at radius 1 is 1.43 bits per heavy atom. The molecule has 2 N–H and O–H groups in total. The van der Waals surface area contributed by atoms with Crippen LogP contribution in [0.4, 0.5) is 4.79 Å². The van der Waals surface area contributed by atoms with E-state index in [0.717, 1.165) is 6.54 Å². The van der Waals surface area contributed by atoms with Crippen LogP contribution in [0.2, 0.25) is 0 Å². The van der Waals surface area contributed by atoms with Gasteiger partial charge in [0.25, 0.3) is 0 Å². The van der Waals surface area contributed by atoms with Crippen molar-refractivity contribution in [3.8, 4) is 0 Å². The number of amides is 1. The van der Waals surface area contributed by atoms with Gasteiger partial charge in [0, 0.05) is 12.1 Å². The summed E-state index contributed by atoms with van der Waals surface area (Å²) in [6.45, 7) is 11.2. The summed E-state index contributed by atoms with van der Waals surface area (Å²) < 4.78 is 5.12. The predicted octanol–water partition coefficient (Wildman–Crippen LogP) is 1.51. The molecule has 0 aromatic rings. The van der Waals surface area contributed by atoms with Gasteiger partial charge in [-0.05, 0) is 34.2 Å². The zero-order valence-electron chi connectivity index (χ0n) is 9.81. The van der Waals surface area contributed by atoms with Crippen molar-refractivity contribution < 1.29 is 9.53 Å². The van der Waals surface area contributed by atoms with Crippen molar-refractivity contribution in [1.29, 1.82) is 0 Å². The average Bonchev–Trinajstić information content (AvgIpc) is 1.96. The van der Waals surface area contributed by atoms with E-state index >= 15 is 0 Å². The van der Waals surface area contributed by atoms with Crippen molar-refractivity contribution in [2.45, 2.75) is 46.3 Å². The average molecular weight is 202 g/mol. The molecule has 1 atom stereocenters. The highest BCUT2D eigenvalue weighted by Gasteiger charge is 2.16. The summed E-state index contributed by atoms with van der Waals surface area (Å²) >= 11 is 0. The number of rotatable bonds is 4.